The number of hydrogen-bond acceptors (Lipinski definition) is 4. The molecule has 0 aliphatic rings. The number of pyridine rings is 1. The average molecular weight is 225 g/mol. The SMILES string of the molecule is N#Cc1cccc(Oc2ccc(CN)cc2)n1. The van der Waals surface area contributed by atoms with Crippen LogP contribution in [0.15, 0.2) is 42.5 Å². The molecule has 0 bridgehead atoms. The van der Waals surface area contributed by atoms with Crippen LogP contribution >= 0.6 is 0 Å². The van der Waals surface area contributed by atoms with Crippen molar-refractivity contribution in [3.63, 3.8) is 0 Å². The number of nitriles is 1. The van der Waals surface area contributed by atoms with Crippen molar-refractivity contribution in [2.24, 2.45) is 5.73 Å². The zero-order chi connectivity index (χ0) is 12.1. The van der Waals surface area contributed by atoms with Crippen LogP contribution < -0.4 is 10.5 Å². The van der Waals surface area contributed by atoms with Crippen LogP contribution in [0.1, 0.15) is 11.3 Å². The van der Waals surface area contributed by atoms with Crippen molar-refractivity contribution in [2.75, 3.05) is 0 Å². The van der Waals surface area contributed by atoms with Crippen LogP contribution in [0.5, 0.6) is 11.6 Å². The van der Waals surface area contributed by atoms with Gasteiger partial charge in [0.15, 0.2) is 0 Å². The minimum absolute atomic E-state index is 0.334. The fourth-order valence-corrected chi connectivity index (χ4v) is 1.35. The van der Waals surface area contributed by atoms with E-state index < -0.39 is 0 Å². The van der Waals surface area contributed by atoms with E-state index in [4.69, 9.17) is 15.7 Å². The van der Waals surface area contributed by atoms with E-state index in [9.17, 15) is 0 Å². The third kappa shape index (κ3) is 2.80. The lowest BCUT2D eigenvalue weighted by Gasteiger charge is -2.05. The van der Waals surface area contributed by atoms with Gasteiger partial charge in [-0.2, -0.15) is 5.26 Å². The van der Waals surface area contributed by atoms with Crippen LogP contribution in [0, 0.1) is 11.3 Å². The van der Waals surface area contributed by atoms with Gasteiger partial charge in [-0.05, 0) is 23.8 Å². The summed E-state index contributed by atoms with van der Waals surface area (Å²) in [5, 5.41) is 8.71. The van der Waals surface area contributed by atoms with Gasteiger partial charge in [0, 0.05) is 12.6 Å². The van der Waals surface area contributed by atoms with Crippen molar-refractivity contribution in [1.29, 1.82) is 5.26 Å². The van der Waals surface area contributed by atoms with Crippen molar-refractivity contribution >= 4 is 0 Å². The molecule has 4 nitrogen and oxygen atoms in total. The molecule has 0 aliphatic heterocycles. The normalized spacial score (nSPS) is 9.65. The Kier molecular flexibility index (Phi) is 3.34. The molecule has 1 aromatic carbocycles. The summed E-state index contributed by atoms with van der Waals surface area (Å²) in [6.07, 6.45) is 0. The fourth-order valence-electron chi connectivity index (χ4n) is 1.35. The van der Waals surface area contributed by atoms with Gasteiger partial charge in [0.05, 0.1) is 0 Å². The standard InChI is InChI=1S/C13H11N3O/c14-8-10-4-6-12(7-5-10)17-13-3-1-2-11(9-15)16-13/h1-7H,8,14H2. The first-order chi connectivity index (χ1) is 8.31. The lowest BCUT2D eigenvalue weighted by molar-refractivity contribution is 0.462. The molecule has 1 heterocycles. The molecule has 17 heavy (non-hydrogen) atoms. The molecule has 4 heteroatoms. The van der Waals surface area contributed by atoms with Gasteiger partial charge in [0.25, 0.3) is 0 Å². The number of nitrogens with zero attached hydrogens (tertiary/aromatic N) is 2. The van der Waals surface area contributed by atoms with Crippen molar-refractivity contribution < 1.29 is 4.74 Å². The Balaban J connectivity index is 2.16. The fraction of sp³-hybridized carbons (Fsp3) is 0.0769. The maximum Gasteiger partial charge on any atom is 0.220 e. The third-order valence-corrected chi connectivity index (χ3v) is 2.22. The second kappa shape index (κ2) is 5.10. The zero-order valence-electron chi connectivity index (χ0n) is 9.13. The van der Waals surface area contributed by atoms with Crippen molar-refractivity contribution in [2.45, 2.75) is 6.54 Å². The van der Waals surface area contributed by atoms with E-state index in [0.29, 0.717) is 23.9 Å². The highest BCUT2D eigenvalue weighted by molar-refractivity contribution is 5.32. The molecule has 0 saturated heterocycles. The maximum absolute atomic E-state index is 8.71. The van der Waals surface area contributed by atoms with Crippen LogP contribution in [0.25, 0.3) is 0 Å². The van der Waals surface area contributed by atoms with Crippen molar-refractivity contribution in [1.82, 2.24) is 4.98 Å². The summed E-state index contributed by atoms with van der Waals surface area (Å²) >= 11 is 0. The van der Waals surface area contributed by atoms with Gasteiger partial charge in [-0.15, -0.1) is 0 Å². The summed E-state index contributed by atoms with van der Waals surface area (Å²) in [5.41, 5.74) is 6.87. The predicted molar refractivity (Wildman–Crippen MR) is 63.4 cm³/mol. The molecule has 0 radical (unpaired) electrons. The molecule has 0 saturated carbocycles. The summed E-state index contributed by atoms with van der Waals surface area (Å²) in [6, 6.07) is 14.5. The van der Waals surface area contributed by atoms with E-state index in [1.807, 2.05) is 30.3 Å². The van der Waals surface area contributed by atoms with Crippen LogP contribution in [-0.4, -0.2) is 4.98 Å². The molecule has 0 atom stereocenters. The molecule has 0 aliphatic carbocycles. The molecule has 2 N–H and O–H groups in total. The van der Waals surface area contributed by atoms with E-state index in [1.165, 1.54) is 0 Å². The van der Waals surface area contributed by atoms with Gasteiger partial charge < -0.3 is 10.5 Å². The molecule has 1 aromatic heterocycles. The largest absolute Gasteiger partial charge is 0.439 e. The molecule has 84 valence electrons. The van der Waals surface area contributed by atoms with Gasteiger partial charge >= 0.3 is 0 Å². The minimum Gasteiger partial charge on any atom is -0.439 e. The summed E-state index contributed by atoms with van der Waals surface area (Å²) in [4.78, 5) is 4.02. The lowest BCUT2D eigenvalue weighted by Crippen LogP contribution is -1.95. The molecule has 2 rings (SSSR count). The highest BCUT2D eigenvalue weighted by Gasteiger charge is 2.00. The predicted octanol–water partition coefficient (Wildman–Crippen LogP) is 2.20. The molecular weight excluding hydrogens is 214 g/mol. The lowest BCUT2D eigenvalue weighted by atomic mass is 10.2. The van der Waals surface area contributed by atoms with Crippen LogP contribution in [-0.2, 0) is 6.54 Å². The van der Waals surface area contributed by atoms with Crippen LogP contribution in [0.2, 0.25) is 0 Å². The van der Waals surface area contributed by atoms with Crippen LogP contribution in [0.4, 0.5) is 0 Å². The van der Waals surface area contributed by atoms with E-state index in [1.54, 1.807) is 18.2 Å². The zero-order valence-corrected chi connectivity index (χ0v) is 9.13. The number of hydrogen-bond donors (Lipinski definition) is 1. The number of benzene rings is 1. The molecular formula is C13H11N3O. The minimum atomic E-state index is 0.334. The second-order valence-electron chi connectivity index (χ2n) is 3.42. The summed E-state index contributed by atoms with van der Waals surface area (Å²) in [6.45, 7) is 0.502. The first kappa shape index (κ1) is 11.1. The second-order valence-corrected chi connectivity index (χ2v) is 3.42. The highest BCUT2D eigenvalue weighted by Crippen LogP contribution is 2.19. The summed E-state index contributed by atoms with van der Waals surface area (Å²) in [7, 11) is 0. The van der Waals surface area contributed by atoms with E-state index >= 15 is 0 Å². The molecule has 0 amide bonds. The molecule has 0 spiro atoms. The summed E-state index contributed by atoms with van der Waals surface area (Å²) in [5.74, 6) is 1.08. The number of nitrogens with two attached hydrogens (primary N) is 1. The van der Waals surface area contributed by atoms with Gasteiger partial charge in [-0.3, -0.25) is 0 Å². The third-order valence-electron chi connectivity index (χ3n) is 2.22. The van der Waals surface area contributed by atoms with Gasteiger partial charge in [0.1, 0.15) is 17.5 Å². The molecule has 0 unspecified atom stereocenters. The number of rotatable bonds is 3. The summed E-state index contributed by atoms with van der Waals surface area (Å²) < 4.78 is 5.52. The topological polar surface area (TPSA) is 71.9 Å². The quantitative estimate of drug-likeness (QED) is 0.869. The Labute approximate surface area is 99.3 Å². The van der Waals surface area contributed by atoms with Crippen molar-refractivity contribution in [3.05, 3.63) is 53.7 Å². The maximum atomic E-state index is 8.71. The molecule has 2 aromatic rings. The first-order valence-corrected chi connectivity index (χ1v) is 5.16. The van der Waals surface area contributed by atoms with Gasteiger partial charge in [0.2, 0.25) is 5.88 Å². The Morgan fingerprint density at radius 1 is 1.18 bits per heavy atom. The number of ether oxygens (including phenoxy) is 1. The Morgan fingerprint density at radius 3 is 2.59 bits per heavy atom. The average Bonchev–Trinajstić information content (AvgIpc) is 2.40. The Hall–Kier alpha value is -2.38. The van der Waals surface area contributed by atoms with Gasteiger partial charge in [-0.1, -0.05) is 18.2 Å². The Morgan fingerprint density at radius 2 is 1.94 bits per heavy atom. The molecule has 0 fully saturated rings. The monoisotopic (exact) mass is 225 g/mol. The smallest absolute Gasteiger partial charge is 0.220 e. The van der Waals surface area contributed by atoms with E-state index in [0.717, 1.165) is 5.56 Å². The van der Waals surface area contributed by atoms with Gasteiger partial charge in [-0.25, -0.2) is 4.98 Å². The van der Waals surface area contributed by atoms with Crippen molar-refractivity contribution in [3.8, 4) is 17.7 Å². The van der Waals surface area contributed by atoms with Crippen LogP contribution in [0.3, 0.4) is 0 Å². The first-order valence-electron chi connectivity index (χ1n) is 5.16. The number of aromatic nitrogens is 1. The Bertz CT molecular complexity index is 543. The highest BCUT2D eigenvalue weighted by atomic mass is 16.5. The van der Waals surface area contributed by atoms with E-state index in [2.05, 4.69) is 4.98 Å². The van der Waals surface area contributed by atoms with E-state index in [-0.39, 0.29) is 0 Å².